The fourth-order valence-electron chi connectivity index (χ4n) is 3.71. The lowest BCUT2D eigenvalue weighted by atomic mass is 9.97. The molecular weight excluding hydrogens is 442 g/mol. The van der Waals surface area contributed by atoms with Crippen LogP contribution in [-0.4, -0.2) is 45.6 Å². The number of nitrogens with one attached hydrogen (secondary N) is 1. The second-order valence-corrected chi connectivity index (χ2v) is 7.91. The van der Waals surface area contributed by atoms with Gasteiger partial charge in [-0.2, -0.15) is 8.78 Å². The number of aromatic nitrogens is 2. The lowest BCUT2D eigenvalue weighted by molar-refractivity contribution is -0.143. The van der Waals surface area contributed by atoms with E-state index >= 15 is 0 Å². The molecule has 7 nitrogen and oxygen atoms in total. The number of benzene rings is 2. The zero-order valence-electron chi connectivity index (χ0n) is 18.3. The molecule has 2 heterocycles. The van der Waals surface area contributed by atoms with E-state index in [1.165, 1.54) is 12.1 Å². The number of carboxylic acids is 1. The van der Waals surface area contributed by atoms with E-state index in [1.54, 1.807) is 24.5 Å². The zero-order valence-corrected chi connectivity index (χ0v) is 18.3. The van der Waals surface area contributed by atoms with Gasteiger partial charge in [0.05, 0.1) is 5.92 Å². The van der Waals surface area contributed by atoms with Gasteiger partial charge < -0.3 is 20.1 Å². The van der Waals surface area contributed by atoms with Crippen LogP contribution in [0.15, 0.2) is 67.1 Å². The van der Waals surface area contributed by atoms with E-state index in [-0.39, 0.29) is 11.7 Å². The first-order valence-electron chi connectivity index (χ1n) is 10.9. The first-order valence-corrected chi connectivity index (χ1v) is 10.9. The highest BCUT2D eigenvalue weighted by Gasteiger charge is 2.22. The van der Waals surface area contributed by atoms with Crippen molar-refractivity contribution in [1.82, 2.24) is 14.9 Å². The molecule has 0 spiro atoms. The number of hydrogen-bond acceptors (Lipinski definition) is 6. The Morgan fingerprint density at radius 2 is 1.79 bits per heavy atom. The van der Waals surface area contributed by atoms with Crippen LogP contribution in [0.1, 0.15) is 18.4 Å². The van der Waals surface area contributed by atoms with Crippen molar-refractivity contribution in [3.63, 3.8) is 0 Å². The Bertz CT molecular complexity index is 1130. The van der Waals surface area contributed by atoms with Crippen molar-refractivity contribution in [3.05, 3.63) is 72.7 Å². The van der Waals surface area contributed by atoms with E-state index in [0.717, 1.165) is 35.5 Å². The molecule has 34 heavy (non-hydrogen) atoms. The summed E-state index contributed by atoms with van der Waals surface area (Å²) in [7, 11) is 0. The molecule has 0 bridgehead atoms. The zero-order chi connectivity index (χ0) is 23.9. The van der Waals surface area contributed by atoms with Gasteiger partial charge in [-0.1, -0.05) is 24.3 Å². The molecule has 9 heteroatoms. The van der Waals surface area contributed by atoms with Gasteiger partial charge in [-0.25, -0.2) is 9.97 Å². The number of nitrogens with zero attached hydrogens (tertiary/aromatic N) is 3. The van der Waals surface area contributed by atoms with Crippen molar-refractivity contribution in [3.8, 4) is 16.9 Å². The molecule has 0 amide bonds. The number of rotatable bonds is 8. The summed E-state index contributed by atoms with van der Waals surface area (Å²) >= 11 is 0. The predicted molar refractivity (Wildman–Crippen MR) is 125 cm³/mol. The molecule has 0 unspecified atom stereocenters. The molecule has 0 atom stereocenters. The molecule has 1 fully saturated rings. The lowest BCUT2D eigenvalue weighted by Gasteiger charge is -2.28. The topological polar surface area (TPSA) is 87.6 Å². The number of carboxylic acid groups (broad SMARTS) is 1. The molecule has 4 rings (SSSR count). The second-order valence-electron chi connectivity index (χ2n) is 7.91. The van der Waals surface area contributed by atoms with Crippen molar-refractivity contribution in [2.75, 3.05) is 18.4 Å². The van der Waals surface area contributed by atoms with Crippen LogP contribution in [0.4, 0.5) is 20.4 Å². The van der Waals surface area contributed by atoms with Crippen LogP contribution in [0.25, 0.3) is 17.2 Å². The first kappa shape index (κ1) is 23.2. The van der Waals surface area contributed by atoms with E-state index in [4.69, 9.17) is 5.11 Å². The first-order chi connectivity index (χ1) is 16.5. The molecular formula is C25H24F2N4O3. The van der Waals surface area contributed by atoms with E-state index in [2.05, 4.69) is 24.9 Å². The largest absolute Gasteiger partial charge is 0.481 e. The van der Waals surface area contributed by atoms with Crippen LogP contribution in [-0.2, 0) is 4.79 Å². The Kier molecular flexibility index (Phi) is 7.31. The van der Waals surface area contributed by atoms with E-state index in [0.29, 0.717) is 18.8 Å². The molecule has 3 aromatic rings. The normalized spacial score (nSPS) is 14.5. The highest BCUT2D eigenvalue weighted by atomic mass is 19.3. The minimum Gasteiger partial charge on any atom is -0.481 e. The summed E-state index contributed by atoms with van der Waals surface area (Å²) in [5.74, 6) is -0.438. The third kappa shape index (κ3) is 6.28. The average molecular weight is 466 g/mol. The smallest absolute Gasteiger partial charge is 0.387 e. The fraction of sp³-hybridized carbons (Fsp3) is 0.240. The summed E-state index contributed by atoms with van der Waals surface area (Å²) < 4.78 is 28.9. The Morgan fingerprint density at radius 3 is 2.44 bits per heavy atom. The quantitative estimate of drug-likeness (QED) is 0.468. The number of ether oxygens (including phenoxy) is 1. The van der Waals surface area contributed by atoms with Crippen LogP contribution in [0, 0.1) is 5.92 Å². The summed E-state index contributed by atoms with van der Waals surface area (Å²) in [6.07, 6.45) is 8.62. The van der Waals surface area contributed by atoms with Gasteiger partial charge in [0.1, 0.15) is 5.75 Å². The van der Waals surface area contributed by atoms with Gasteiger partial charge in [0.15, 0.2) is 0 Å². The Labute approximate surface area is 195 Å². The van der Waals surface area contributed by atoms with Crippen molar-refractivity contribution >= 4 is 23.7 Å². The third-order valence-corrected chi connectivity index (χ3v) is 5.56. The third-order valence-electron chi connectivity index (χ3n) is 5.56. The van der Waals surface area contributed by atoms with Gasteiger partial charge in [-0.05, 0) is 60.5 Å². The number of hydrogen-bond donors (Lipinski definition) is 2. The number of anilines is 2. The van der Waals surface area contributed by atoms with Crippen molar-refractivity contribution in [2.24, 2.45) is 5.92 Å². The number of piperidine rings is 1. The lowest BCUT2D eigenvalue weighted by Crippen LogP contribution is -2.32. The summed E-state index contributed by atoms with van der Waals surface area (Å²) in [6, 6.07) is 14.1. The number of carbonyl (C=O) groups is 1. The van der Waals surface area contributed by atoms with Gasteiger partial charge in [0.2, 0.25) is 5.95 Å². The molecule has 2 aromatic carbocycles. The molecule has 1 aromatic heterocycles. The Balaban J connectivity index is 1.35. The van der Waals surface area contributed by atoms with Gasteiger partial charge in [0.25, 0.3) is 0 Å². The van der Waals surface area contributed by atoms with Crippen LogP contribution in [0.2, 0.25) is 0 Å². The Morgan fingerprint density at radius 1 is 1.09 bits per heavy atom. The highest BCUT2D eigenvalue weighted by molar-refractivity contribution is 5.70. The van der Waals surface area contributed by atoms with E-state index < -0.39 is 12.6 Å². The SMILES string of the molecule is O=C(O)C1CCN(C=Cc2cccc(Nc3ncc(-c4ccc(OC(F)F)cc4)cn3)c2)CC1. The van der Waals surface area contributed by atoms with Crippen molar-refractivity contribution in [1.29, 1.82) is 0 Å². The van der Waals surface area contributed by atoms with Crippen LogP contribution in [0.5, 0.6) is 5.75 Å². The van der Waals surface area contributed by atoms with Gasteiger partial charge in [0, 0.05) is 36.7 Å². The number of likely N-dealkylation sites (tertiary alicyclic amines) is 1. The molecule has 0 saturated carbocycles. The van der Waals surface area contributed by atoms with Crippen LogP contribution in [0.3, 0.4) is 0 Å². The summed E-state index contributed by atoms with van der Waals surface area (Å²) in [5, 5.41) is 12.3. The maximum absolute atomic E-state index is 12.3. The number of alkyl halides is 2. The van der Waals surface area contributed by atoms with Gasteiger partial charge in [-0.3, -0.25) is 4.79 Å². The van der Waals surface area contributed by atoms with Crippen molar-refractivity contribution < 1.29 is 23.4 Å². The number of halogens is 2. The van der Waals surface area contributed by atoms with E-state index in [9.17, 15) is 13.6 Å². The molecule has 1 aliphatic heterocycles. The second kappa shape index (κ2) is 10.7. The molecule has 1 aliphatic rings. The van der Waals surface area contributed by atoms with E-state index in [1.807, 2.05) is 36.5 Å². The predicted octanol–water partition coefficient (Wildman–Crippen LogP) is 5.26. The Hall–Kier alpha value is -4.01. The standard InChI is InChI=1S/C25H24F2N4O3/c26-24(27)34-22-6-4-18(5-7-22)20-15-28-25(29-16-20)30-21-3-1-2-17(14-21)8-11-31-12-9-19(10-13-31)23(32)33/h1-8,11,14-16,19,24H,9-10,12-13H2,(H,32,33)(H,28,29,30). The number of aliphatic carboxylic acids is 1. The van der Waals surface area contributed by atoms with Crippen LogP contribution >= 0.6 is 0 Å². The minimum absolute atomic E-state index is 0.0941. The molecule has 0 aliphatic carbocycles. The molecule has 176 valence electrons. The average Bonchev–Trinajstić information content (AvgIpc) is 2.84. The van der Waals surface area contributed by atoms with Gasteiger partial charge >= 0.3 is 12.6 Å². The summed E-state index contributed by atoms with van der Waals surface area (Å²) in [6.45, 7) is -1.40. The monoisotopic (exact) mass is 466 g/mol. The molecule has 1 saturated heterocycles. The van der Waals surface area contributed by atoms with Crippen LogP contribution < -0.4 is 10.1 Å². The molecule has 0 radical (unpaired) electrons. The summed E-state index contributed by atoms with van der Waals surface area (Å²) in [5.41, 5.74) is 3.35. The highest BCUT2D eigenvalue weighted by Crippen LogP contribution is 2.24. The van der Waals surface area contributed by atoms with Crippen molar-refractivity contribution in [2.45, 2.75) is 19.5 Å². The molecule has 2 N–H and O–H groups in total. The fourth-order valence-corrected chi connectivity index (χ4v) is 3.71. The maximum atomic E-state index is 12.3. The van der Waals surface area contributed by atoms with Gasteiger partial charge in [-0.15, -0.1) is 0 Å². The summed E-state index contributed by atoms with van der Waals surface area (Å²) in [4.78, 5) is 21.9. The minimum atomic E-state index is -2.86. The maximum Gasteiger partial charge on any atom is 0.387 e.